The average molecular weight is 223 g/mol. The van der Waals surface area contributed by atoms with E-state index in [1.165, 1.54) is 0 Å². The van der Waals surface area contributed by atoms with Crippen LogP contribution in [0.4, 0.5) is 0 Å². The molecule has 0 radical (unpaired) electrons. The van der Waals surface area contributed by atoms with Gasteiger partial charge in [0.1, 0.15) is 0 Å². The minimum Gasteiger partial charge on any atom is -0.313 e. The summed E-state index contributed by atoms with van der Waals surface area (Å²) in [6, 6.07) is 0. The lowest BCUT2D eigenvalue weighted by Crippen LogP contribution is -2.44. The summed E-state index contributed by atoms with van der Waals surface area (Å²) in [5.74, 6) is 0.288. The van der Waals surface area contributed by atoms with Gasteiger partial charge in [-0.1, -0.05) is 32.8 Å². The zero-order valence-electron chi connectivity index (χ0n) is 11.3. The first-order chi connectivity index (χ1) is 7.37. The summed E-state index contributed by atoms with van der Waals surface area (Å²) in [5.41, 5.74) is -0.319. The van der Waals surface area contributed by atoms with Gasteiger partial charge in [0.05, 0.1) is 5.41 Å². The molecule has 1 aliphatic rings. The van der Waals surface area contributed by atoms with Crippen molar-refractivity contribution in [2.45, 2.75) is 65.8 Å². The van der Waals surface area contributed by atoms with Gasteiger partial charge < -0.3 is 4.90 Å². The van der Waals surface area contributed by atoms with Gasteiger partial charge in [0, 0.05) is 11.7 Å². The first-order valence-electron chi connectivity index (χ1n) is 6.40. The summed E-state index contributed by atoms with van der Waals surface area (Å²) in [6.45, 7) is 10.5. The Morgan fingerprint density at radius 1 is 1.31 bits per heavy atom. The Bertz CT molecular complexity index is 288. The van der Waals surface area contributed by atoms with Crippen molar-refractivity contribution in [2.24, 2.45) is 5.41 Å². The van der Waals surface area contributed by atoms with Crippen molar-refractivity contribution in [3.63, 3.8) is 0 Å². The highest BCUT2D eigenvalue weighted by atomic mass is 16.2. The summed E-state index contributed by atoms with van der Waals surface area (Å²) < 4.78 is 0. The number of carbonyl (C=O) groups is 1. The molecule has 2 nitrogen and oxygen atoms in total. The Hall–Kier alpha value is -0.790. The summed E-state index contributed by atoms with van der Waals surface area (Å²) in [7, 11) is 0. The average Bonchev–Trinajstić information content (AvgIpc) is 2.53. The number of hydrogen-bond donors (Lipinski definition) is 0. The van der Waals surface area contributed by atoms with Crippen molar-refractivity contribution in [1.82, 2.24) is 4.90 Å². The molecule has 1 heterocycles. The maximum absolute atomic E-state index is 12.5. The molecule has 2 heteroatoms. The first-order valence-corrected chi connectivity index (χ1v) is 6.40. The van der Waals surface area contributed by atoms with E-state index in [0.717, 1.165) is 25.7 Å². The fourth-order valence-electron chi connectivity index (χ4n) is 2.25. The smallest absolute Gasteiger partial charge is 0.237 e. The summed E-state index contributed by atoms with van der Waals surface area (Å²) >= 11 is 0. The quantitative estimate of drug-likeness (QED) is 0.711. The van der Waals surface area contributed by atoms with Crippen LogP contribution in [0.25, 0.3) is 0 Å². The molecular formula is C14H25NO. The van der Waals surface area contributed by atoms with Crippen LogP contribution in [-0.2, 0) is 4.79 Å². The van der Waals surface area contributed by atoms with Gasteiger partial charge in [-0.15, -0.1) is 0 Å². The second-order valence-electron chi connectivity index (χ2n) is 5.77. The van der Waals surface area contributed by atoms with Crippen LogP contribution in [0.1, 0.15) is 60.3 Å². The highest BCUT2D eigenvalue weighted by molar-refractivity contribution is 5.88. The molecule has 16 heavy (non-hydrogen) atoms. The lowest BCUT2D eigenvalue weighted by molar-refractivity contribution is -0.139. The third kappa shape index (κ3) is 2.31. The highest BCUT2D eigenvalue weighted by Crippen LogP contribution is 2.39. The van der Waals surface area contributed by atoms with Crippen molar-refractivity contribution < 1.29 is 4.79 Å². The van der Waals surface area contributed by atoms with E-state index >= 15 is 0 Å². The minimum absolute atomic E-state index is 0.100. The molecule has 0 aromatic rings. The molecule has 0 spiro atoms. The molecule has 0 aromatic heterocycles. The number of unbranched alkanes of at least 4 members (excludes halogenated alkanes) is 1. The predicted octanol–water partition coefficient (Wildman–Crippen LogP) is 3.73. The van der Waals surface area contributed by atoms with Crippen molar-refractivity contribution >= 4 is 5.91 Å². The van der Waals surface area contributed by atoms with Gasteiger partial charge in [0.15, 0.2) is 0 Å². The van der Waals surface area contributed by atoms with Crippen molar-refractivity contribution in [1.29, 1.82) is 0 Å². The fraction of sp³-hybridized carbons (Fsp3) is 0.786. The van der Waals surface area contributed by atoms with Crippen LogP contribution >= 0.6 is 0 Å². The Morgan fingerprint density at radius 2 is 1.94 bits per heavy atom. The Balaban J connectivity index is 2.86. The van der Waals surface area contributed by atoms with Crippen molar-refractivity contribution in [3.8, 4) is 0 Å². The van der Waals surface area contributed by atoms with Gasteiger partial charge in [0.2, 0.25) is 5.91 Å². The van der Waals surface area contributed by atoms with E-state index in [2.05, 4.69) is 40.7 Å². The SMILES string of the molecule is CCCCC1(CC)C=CN(C(C)(C)C)C1=O. The number of nitrogens with zero attached hydrogens (tertiary/aromatic N) is 1. The molecule has 0 aliphatic carbocycles. The van der Waals surface area contributed by atoms with Crippen LogP contribution in [0.5, 0.6) is 0 Å². The minimum atomic E-state index is -0.219. The largest absolute Gasteiger partial charge is 0.313 e. The molecule has 1 atom stereocenters. The predicted molar refractivity (Wildman–Crippen MR) is 68.0 cm³/mol. The van der Waals surface area contributed by atoms with Crippen molar-refractivity contribution in [2.75, 3.05) is 0 Å². The lowest BCUT2D eigenvalue weighted by Gasteiger charge is -2.34. The maximum Gasteiger partial charge on any atom is 0.237 e. The van der Waals surface area contributed by atoms with Gasteiger partial charge in [0.25, 0.3) is 0 Å². The zero-order chi connectivity index (χ0) is 12.4. The number of carbonyl (C=O) groups excluding carboxylic acids is 1. The number of rotatable bonds is 4. The number of amides is 1. The second-order valence-corrected chi connectivity index (χ2v) is 5.77. The van der Waals surface area contributed by atoms with E-state index in [4.69, 9.17) is 0 Å². The maximum atomic E-state index is 12.5. The molecule has 1 rings (SSSR count). The van der Waals surface area contributed by atoms with Crippen LogP contribution in [0.2, 0.25) is 0 Å². The molecule has 1 aliphatic heterocycles. The van der Waals surface area contributed by atoms with Crippen molar-refractivity contribution in [3.05, 3.63) is 12.3 Å². The van der Waals surface area contributed by atoms with E-state index in [1.807, 2.05) is 11.1 Å². The van der Waals surface area contributed by atoms with E-state index in [0.29, 0.717) is 0 Å². The molecule has 0 bridgehead atoms. The van der Waals surface area contributed by atoms with Crippen LogP contribution in [0, 0.1) is 5.41 Å². The highest BCUT2D eigenvalue weighted by Gasteiger charge is 2.43. The summed E-state index contributed by atoms with van der Waals surface area (Å²) in [6.07, 6.45) is 8.29. The summed E-state index contributed by atoms with van der Waals surface area (Å²) in [4.78, 5) is 14.4. The van der Waals surface area contributed by atoms with Crippen LogP contribution < -0.4 is 0 Å². The molecule has 0 saturated heterocycles. The van der Waals surface area contributed by atoms with E-state index in [1.54, 1.807) is 0 Å². The molecule has 0 N–H and O–H groups in total. The van der Waals surface area contributed by atoms with E-state index in [-0.39, 0.29) is 16.9 Å². The normalized spacial score (nSPS) is 25.6. The molecule has 92 valence electrons. The third-order valence-corrected chi connectivity index (χ3v) is 3.52. The topological polar surface area (TPSA) is 20.3 Å². The van der Waals surface area contributed by atoms with Crippen LogP contribution in [0.3, 0.4) is 0 Å². The molecular weight excluding hydrogens is 198 g/mol. The molecule has 0 saturated carbocycles. The molecule has 1 unspecified atom stereocenters. The molecule has 0 aromatic carbocycles. The number of hydrogen-bond acceptors (Lipinski definition) is 1. The van der Waals surface area contributed by atoms with Gasteiger partial charge in [-0.25, -0.2) is 0 Å². The van der Waals surface area contributed by atoms with Crippen LogP contribution in [0.15, 0.2) is 12.3 Å². The van der Waals surface area contributed by atoms with E-state index in [9.17, 15) is 4.79 Å². The van der Waals surface area contributed by atoms with E-state index < -0.39 is 0 Å². The Labute approximate surface area is 99.7 Å². The standard InChI is InChI=1S/C14H25NO/c1-6-8-9-14(7-2)10-11-15(12(14)16)13(3,4)5/h10-11H,6-9H2,1-5H3. The Kier molecular flexibility index (Phi) is 3.82. The van der Waals surface area contributed by atoms with Gasteiger partial charge >= 0.3 is 0 Å². The lowest BCUT2D eigenvalue weighted by atomic mass is 9.80. The second kappa shape index (κ2) is 4.60. The first kappa shape index (κ1) is 13.3. The van der Waals surface area contributed by atoms with Gasteiger partial charge in [-0.3, -0.25) is 4.79 Å². The Morgan fingerprint density at radius 3 is 2.31 bits per heavy atom. The monoisotopic (exact) mass is 223 g/mol. The van der Waals surface area contributed by atoms with Crippen LogP contribution in [-0.4, -0.2) is 16.3 Å². The summed E-state index contributed by atoms with van der Waals surface area (Å²) in [5, 5.41) is 0. The third-order valence-electron chi connectivity index (χ3n) is 3.52. The molecule has 1 amide bonds. The zero-order valence-corrected chi connectivity index (χ0v) is 11.3. The fourth-order valence-corrected chi connectivity index (χ4v) is 2.25. The van der Waals surface area contributed by atoms with Gasteiger partial charge in [-0.2, -0.15) is 0 Å². The molecule has 0 fully saturated rings. The van der Waals surface area contributed by atoms with Gasteiger partial charge in [-0.05, 0) is 33.6 Å².